The zero-order chi connectivity index (χ0) is 10.6. The van der Waals surface area contributed by atoms with E-state index in [9.17, 15) is 4.79 Å². The second-order valence-corrected chi connectivity index (χ2v) is 3.55. The summed E-state index contributed by atoms with van der Waals surface area (Å²) in [5.41, 5.74) is 6.96. The summed E-state index contributed by atoms with van der Waals surface area (Å²) in [6.07, 6.45) is 0.899. The molecule has 0 aliphatic carbocycles. The fraction of sp³-hybridized carbons (Fsp3) is 0.364. The van der Waals surface area contributed by atoms with Crippen LogP contribution in [0.5, 0.6) is 0 Å². The van der Waals surface area contributed by atoms with Gasteiger partial charge in [0, 0.05) is 0 Å². The smallest absolute Gasteiger partial charge is 0.335 e. The van der Waals surface area contributed by atoms with Gasteiger partial charge in [0.1, 0.15) is 0 Å². The number of rotatable bonds is 4. The average molecular weight is 193 g/mol. The highest BCUT2D eigenvalue weighted by molar-refractivity contribution is 5.87. The van der Waals surface area contributed by atoms with Crippen molar-refractivity contribution >= 4 is 5.97 Å². The summed E-state index contributed by atoms with van der Waals surface area (Å²) in [6.45, 7) is 2.73. The minimum atomic E-state index is -0.886. The van der Waals surface area contributed by atoms with Gasteiger partial charge in [-0.1, -0.05) is 19.1 Å². The molecule has 1 rings (SSSR count). The molecular formula is C11H15NO2. The Morgan fingerprint density at radius 3 is 2.43 bits per heavy atom. The van der Waals surface area contributed by atoms with Gasteiger partial charge in [-0.05, 0) is 36.6 Å². The maximum Gasteiger partial charge on any atom is 0.335 e. The minimum absolute atomic E-state index is 0.328. The van der Waals surface area contributed by atoms with Crippen LogP contribution in [0.1, 0.15) is 22.8 Å². The van der Waals surface area contributed by atoms with Gasteiger partial charge in [0.2, 0.25) is 0 Å². The van der Waals surface area contributed by atoms with Gasteiger partial charge in [-0.3, -0.25) is 0 Å². The van der Waals surface area contributed by atoms with E-state index in [-0.39, 0.29) is 0 Å². The van der Waals surface area contributed by atoms with Gasteiger partial charge in [-0.25, -0.2) is 4.79 Å². The van der Waals surface area contributed by atoms with Gasteiger partial charge >= 0.3 is 5.97 Å². The van der Waals surface area contributed by atoms with Gasteiger partial charge in [0.05, 0.1) is 5.56 Å². The zero-order valence-corrected chi connectivity index (χ0v) is 8.23. The maximum absolute atomic E-state index is 10.6. The van der Waals surface area contributed by atoms with Crippen LogP contribution in [-0.2, 0) is 6.42 Å². The van der Waals surface area contributed by atoms with Crippen LogP contribution < -0.4 is 5.73 Å². The molecule has 0 fully saturated rings. The Morgan fingerprint density at radius 1 is 1.43 bits per heavy atom. The molecule has 1 unspecified atom stereocenters. The summed E-state index contributed by atoms with van der Waals surface area (Å²) in [7, 11) is 0. The molecule has 0 aliphatic heterocycles. The Kier molecular flexibility index (Phi) is 3.65. The predicted octanol–water partition coefficient (Wildman–Crippen LogP) is 1.52. The van der Waals surface area contributed by atoms with Crippen molar-refractivity contribution in [2.45, 2.75) is 13.3 Å². The molecule has 1 atom stereocenters. The van der Waals surface area contributed by atoms with Gasteiger partial charge in [-0.2, -0.15) is 0 Å². The van der Waals surface area contributed by atoms with E-state index in [1.807, 2.05) is 12.1 Å². The molecule has 0 heterocycles. The monoisotopic (exact) mass is 193 g/mol. The first kappa shape index (κ1) is 10.7. The highest BCUT2D eigenvalue weighted by Gasteiger charge is 2.04. The summed E-state index contributed by atoms with van der Waals surface area (Å²) < 4.78 is 0. The molecule has 76 valence electrons. The zero-order valence-electron chi connectivity index (χ0n) is 8.23. The summed E-state index contributed by atoms with van der Waals surface area (Å²) in [4.78, 5) is 10.6. The van der Waals surface area contributed by atoms with Crippen molar-refractivity contribution in [3.05, 3.63) is 35.4 Å². The largest absolute Gasteiger partial charge is 0.478 e. The molecule has 0 saturated carbocycles. The SMILES string of the molecule is CC(CN)Cc1ccc(C(=O)O)cc1. The molecule has 0 radical (unpaired) electrons. The first-order chi connectivity index (χ1) is 6.63. The molecule has 14 heavy (non-hydrogen) atoms. The van der Waals surface area contributed by atoms with Crippen molar-refractivity contribution in [2.24, 2.45) is 11.7 Å². The second-order valence-electron chi connectivity index (χ2n) is 3.55. The molecule has 3 nitrogen and oxygen atoms in total. The summed E-state index contributed by atoms with van der Waals surface area (Å²) >= 11 is 0. The van der Waals surface area contributed by atoms with Crippen molar-refractivity contribution in [3.63, 3.8) is 0 Å². The fourth-order valence-corrected chi connectivity index (χ4v) is 1.27. The maximum atomic E-state index is 10.6. The van der Waals surface area contributed by atoms with Crippen LogP contribution in [0, 0.1) is 5.92 Å². The lowest BCUT2D eigenvalue weighted by molar-refractivity contribution is 0.0697. The molecule has 1 aromatic carbocycles. The summed E-state index contributed by atoms with van der Waals surface area (Å²) in [5, 5.41) is 8.68. The highest BCUT2D eigenvalue weighted by atomic mass is 16.4. The van der Waals surface area contributed by atoms with Crippen LogP contribution in [0.2, 0.25) is 0 Å². The van der Waals surface area contributed by atoms with Crippen LogP contribution in [-0.4, -0.2) is 17.6 Å². The van der Waals surface area contributed by atoms with Crippen molar-refractivity contribution in [3.8, 4) is 0 Å². The molecule has 0 saturated heterocycles. The van der Waals surface area contributed by atoms with Crippen LogP contribution in [0.4, 0.5) is 0 Å². The number of hydrogen-bond donors (Lipinski definition) is 2. The quantitative estimate of drug-likeness (QED) is 0.762. The van der Waals surface area contributed by atoms with Gasteiger partial charge in [0.15, 0.2) is 0 Å². The molecule has 0 aliphatic rings. The third kappa shape index (κ3) is 2.85. The average Bonchev–Trinajstić information content (AvgIpc) is 2.18. The number of benzene rings is 1. The van der Waals surface area contributed by atoms with Crippen LogP contribution in [0.3, 0.4) is 0 Å². The third-order valence-corrected chi connectivity index (χ3v) is 2.19. The third-order valence-electron chi connectivity index (χ3n) is 2.19. The topological polar surface area (TPSA) is 63.3 Å². The molecule has 0 spiro atoms. The van der Waals surface area contributed by atoms with Gasteiger partial charge in [-0.15, -0.1) is 0 Å². The van der Waals surface area contributed by atoms with E-state index < -0.39 is 5.97 Å². The lowest BCUT2D eigenvalue weighted by atomic mass is 10.0. The van der Waals surface area contributed by atoms with E-state index >= 15 is 0 Å². The summed E-state index contributed by atoms with van der Waals surface area (Å²) in [5.74, 6) is -0.450. The van der Waals surface area contributed by atoms with Crippen LogP contribution in [0.15, 0.2) is 24.3 Å². The minimum Gasteiger partial charge on any atom is -0.478 e. The second kappa shape index (κ2) is 4.77. The Bertz CT molecular complexity index is 306. The Hall–Kier alpha value is -1.35. The fourth-order valence-electron chi connectivity index (χ4n) is 1.27. The van der Waals surface area contributed by atoms with E-state index in [0.29, 0.717) is 18.0 Å². The number of carboxylic acid groups (broad SMARTS) is 1. The molecule has 3 heteroatoms. The molecule has 0 amide bonds. The van der Waals surface area contributed by atoms with Crippen LogP contribution >= 0.6 is 0 Å². The first-order valence-electron chi connectivity index (χ1n) is 4.65. The van der Waals surface area contributed by atoms with Crippen molar-refractivity contribution in [1.82, 2.24) is 0 Å². The van der Waals surface area contributed by atoms with E-state index in [0.717, 1.165) is 12.0 Å². The van der Waals surface area contributed by atoms with Crippen LogP contribution in [0.25, 0.3) is 0 Å². The number of carbonyl (C=O) groups is 1. The van der Waals surface area contributed by atoms with Gasteiger partial charge in [0.25, 0.3) is 0 Å². The van der Waals surface area contributed by atoms with Gasteiger partial charge < -0.3 is 10.8 Å². The Balaban J connectivity index is 2.68. The van der Waals surface area contributed by atoms with Crippen molar-refractivity contribution in [1.29, 1.82) is 0 Å². The number of hydrogen-bond acceptors (Lipinski definition) is 2. The van der Waals surface area contributed by atoms with E-state index in [4.69, 9.17) is 10.8 Å². The van der Waals surface area contributed by atoms with E-state index in [2.05, 4.69) is 6.92 Å². The first-order valence-corrected chi connectivity index (χ1v) is 4.65. The lowest BCUT2D eigenvalue weighted by Crippen LogP contribution is -2.13. The van der Waals surface area contributed by atoms with E-state index in [1.165, 1.54) is 0 Å². The van der Waals surface area contributed by atoms with Crippen molar-refractivity contribution < 1.29 is 9.90 Å². The Labute approximate surface area is 83.6 Å². The van der Waals surface area contributed by atoms with E-state index in [1.54, 1.807) is 12.1 Å². The Morgan fingerprint density at radius 2 is 2.00 bits per heavy atom. The molecule has 1 aromatic rings. The number of aromatic carboxylic acids is 1. The predicted molar refractivity (Wildman–Crippen MR) is 55.3 cm³/mol. The lowest BCUT2D eigenvalue weighted by Gasteiger charge is -2.07. The standard InChI is InChI=1S/C11H15NO2/c1-8(7-12)6-9-2-4-10(5-3-9)11(13)14/h2-5,8H,6-7,12H2,1H3,(H,13,14). The molecule has 3 N–H and O–H groups in total. The molecule has 0 aromatic heterocycles. The highest BCUT2D eigenvalue weighted by Crippen LogP contribution is 2.09. The normalized spacial score (nSPS) is 12.4. The number of carboxylic acids is 1. The van der Waals surface area contributed by atoms with Crippen molar-refractivity contribution in [2.75, 3.05) is 6.54 Å². The molecule has 0 bridgehead atoms. The summed E-state index contributed by atoms with van der Waals surface area (Å²) in [6, 6.07) is 6.94. The molecular weight excluding hydrogens is 178 g/mol. The number of nitrogens with two attached hydrogens (primary N) is 1.